The highest BCUT2D eigenvalue weighted by molar-refractivity contribution is 8.00. The Morgan fingerprint density at radius 3 is 2.48 bits per heavy atom. The van der Waals surface area contributed by atoms with Crippen LogP contribution in [0.3, 0.4) is 0 Å². The Balaban J connectivity index is 1.67. The van der Waals surface area contributed by atoms with E-state index in [1.54, 1.807) is 0 Å². The molecule has 0 saturated carbocycles. The fourth-order valence-corrected chi connectivity index (χ4v) is 5.25. The van der Waals surface area contributed by atoms with Gasteiger partial charge in [-0.2, -0.15) is 0 Å². The highest BCUT2D eigenvalue weighted by Crippen LogP contribution is 2.32. The van der Waals surface area contributed by atoms with Gasteiger partial charge in [-0.3, -0.25) is 9.69 Å². The minimum atomic E-state index is -0.297. The predicted octanol–water partition coefficient (Wildman–Crippen LogP) is 5.49. The number of carbonyl (C=O) groups is 1. The number of aromatic nitrogens is 4. The first-order valence-electron chi connectivity index (χ1n) is 11.3. The number of fused-ring (bicyclic) bond motifs is 1. The Labute approximate surface area is 199 Å². The molecule has 2 unspecified atom stereocenters. The monoisotopic (exact) mass is 461 g/mol. The van der Waals surface area contributed by atoms with Crippen LogP contribution in [0.5, 0.6) is 0 Å². The molecule has 2 heterocycles. The normalized spacial score (nSPS) is 13.5. The number of hydrogen-bond acceptors (Lipinski definition) is 5. The van der Waals surface area contributed by atoms with Gasteiger partial charge >= 0.3 is 0 Å². The van der Waals surface area contributed by atoms with Gasteiger partial charge in [0.1, 0.15) is 0 Å². The molecule has 0 spiro atoms. The molecule has 4 rings (SSSR count). The number of nitrogens with one attached hydrogen (secondary N) is 1. The highest BCUT2D eigenvalue weighted by Gasteiger charge is 2.27. The number of hydrogen-bond donors (Lipinski definition) is 1. The summed E-state index contributed by atoms with van der Waals surface area (Å²) in [6, 6.07) is 18.4. The lowest BCUT2D eigenvalue weighted by atomic mass is 10.1. The van der Waals surface area contributed by atoms with Gasteiger partial charge in [0.15, 0.2) is 16.8 Å². The van der Waals surface area contributed by atoms with Crippen LogP contribution < -0.4 is 0 Å². The van der Waals surface area contributed by atoms with E-state index in [2.05, 4.69) is 57.8 Å². The lowest BCUT2D eigenvalue weighted by molar-refractivity contribution is 0.0995. The Bertz CT molecular complexity index is 1240. The molecule has 2 atom stereocenters. The standard InChI is InChI=1S/C26H31N5OS/c1-6-22(30(4)5)25-28-29-26(31(25)16-19-12-8-7-9-13-19)33-18(3)24(32)23-17(2)27-21-15-11-10-14-20(21)23/h7-15,18,22,27H,6,16H2,1-5H3. The smallest absolute Gasteiger partial charge is 0.192 e. The molecule has 6 nitrogen and oxygen atoms in total. The molecule has 4 aromatic rings. The Morgan fingerprint density at radius 1 is 1.09 bits per heavy atom. The van der Waals surface area contributed by atoms with Crippen LogP contribution in [0.25, 0.3) is 10.9 Å². The van der Waals surface area contributed by atoms with E-state index in [0.717, 1.165) is 39.6 Å². The fraction of sp³-hybridized carbons (Fsp3) is 0.346. The molecule has 2 aromatic carbocycles. The number of thioether (sulfide) groups is 1. The quantitative estimate of drug-likeness (QED) is 0.264. The second-order valence-electron chi connectivity index (χ2n) is 8.60. The van der Waals surface area contributed by atoms with E-state index in [-0.39, 0.29) is 17.1 Å². The van der Waals surface area contributed by atoms with Gasteiger partial charge in [0.25, 0.3) is 0 Å². The first-order valence-corrected chi connectivity index (χ1v) is 12.2. The van der Waals surface area contributed by atoms with E-state index in [0.29, 0.717) is 6.54 Å². The van der Waals surface area contributed by atoms with Crippen molar-refractivity contribution in [1.82, 2.24) is 24.6 Å². The van der Waals surface area contributed by atoms with Crippen LogP contribution in [0.1, 0.15) is 53.7 Å². The van der Waals surface area contributed by atoms with Crippen LogP contribution >= 0.6 is 11.8 Å². The van der Waals surface area contributed by atoms with Gasteiger partial charge in [-0.05, 0) is 46.0 Å². The van der Waals surface area contributed by atoms with Gasteiger partial charge < -0.3 is 9.55 Å². The van der Waals surface area contributed by atoms with E-state index in [1.807, 2.05) is 56.3 Å². The number of nitrogens with zero attached hydrogens (tertiary/aromatic N) is 4. The van der Waals surface area contributed by atoms with E-state index in [1.165, 1.54) is 17.3 Å². The molecule has 7 heteroatoms. The number of benzene rings is 2. The van der Waals surface area contributed by atoms with Crippen molar-refractivity contribution in [1.29, 1.82) is 0 Å². The summed E-state index contributed by atoms with van der Waals surface area (Å²) in [6.45, 7) is 6.75. The van der Waals surface area contributed by atoms with E-state index in [4.69, 9.17) is 0 Å². The summed E-state index contributed by atoms with van der Waals surface area (Å²) in [5.41, 5.74) is 3.83. The Hall–Kier alpha value is -2.90. The molecule has 172 valence electrons. The third-order valence-corrected chi connectivity index (χ3v) is 7.11. The SMILES string of the molecule is CCC(c1nnc(SC(C)C(=O)c2c(C)[nH]c3ccccc23)n1Cc1ccccc1)N(C)C. The Morgan fingerprint density at radius 2 is 1.79 bits per heavy atom. The van der Waals surface area contributed by atoms with E-state index >= 15 is 0 Å². The number of aryl methyl sites for hydroxylation is 1. The number of Topliss-reactive ketones (excluding diaryl/α,β-unsaturated/α-hetero) is 1. The molecule has 0 aliphatic heterocycles. The van der Waals surface area contributed by atoms with Gasteiger partial charge in [-0.15, -0.1) is 10.2 Å². The number of H-pyrrole nitrogens is 1. The summed E-state index contributed by atoms with van der Waals surface area (Å²) < 4.78 is 2.17. The van der Waals surface area contributed by atoms with Gasteiger partial charge in [0, 0.05) is 22.2 Å². The lowest BCUT2D eigenvalue weighted by Crippen LogP contribution is -2.23. The zero-order valence-corrected chi connectivity index (χ0v) is 20.7. The van der Waals surface area contributed by atoms with Crippen LogP contribution in [0.2, 0.25) is 0 Å². The van der Waals surface area contributed by atoms with Crippen molar-refractivity contribution >= 4 is 28.4 Å². The maximum Gasteiger partial charge on any atom is 0.192 e. The maximum atomic E-state index is 13.5. The number of aromatic amines is 1. The molecule has 1 N–H and O–H groups in total. The first kappa shape index (κ1) is 23.3. The summed E-state index contributed by atoms with van der Waals surface area (Å²) in [7, 11) is 4.13. The molecule has 0 fully saturated rings. The first-order chi connectivity index (χ1) is 15.9. The molecule has 0 radical (unpaired) electrons. The highest BCUT2D eigenvalue weighted by atomic mass is 32.2. The summed E-state index contributed by atoms with van der Waals surface area (Å²) >= 11 is 1.48. The molecule has 0 amide bonds. The van der Waals surface area contributed by atoms with Crippen molar-refractivity contribution in [3.05, 3.63) is 77.2 Å². The van der Waals surface area contributed by atoms with Crippen LogP contribution in [0.4, 0.5) is 0 Å². The second-order valence-corrected chi connectivity index (χ2v) is 9.90. The lowest BCUT2D eigenvalue weighted by Gasteiger charge is -2.23. The number of ketones is 1. The minimum absolute atomic E-state index is 0.102. The number of para-hydroxylation sites is 1. The summed E-state index contributed by atoms with van der Waals surface area (Å²) in [4.78, 5) is 19.0. The molecule has 0 saturated heterocycles. The Kier molecular flexibility index (Phi) is 7.00. The van der Waals surface area contributed by atoms with Gasteiger partial charge in [-0.1, -0.05) is 67.2 Å². The van der Waals surface area contributed by atoms with E-state index in [9.17, 15) is 4.79 Å². The van der Waals surface area contributed by atoms with Crippen molar-refractivity contribution in [2.24, 2.45) is 0 Å². The van der Waals surface area contributed by atoms with Crippen molar-refractivity contribution in [3.8, 4) is 0 Å². The molecule has 2 aromatic heterocycles. The van der Waals surface area contributed by atoms with Crippen molar-refractivity contribution in [2.75, 3.05) is 14.1 Å². The van der Waals surface area contributed by atoms with Crippen molar-refractivity contribution in [2.45, 2.75) is 50.2 Å². The zero-order chi connectivity index (χ0) is 23.5. The van der Waals surface area contributed by atoms with Gasteiger partial charge in [-0.25, -0.2) is 0 Å². The van der Waals surface area contributed by atoms with Crippen LogP contribution in [-0.2, 0) is 6.54 Å². The zero-order valence-electron chi connectivity index (χ0n) is 19.9. The summed E-state index contributed by atoms with van der Waals surface area (Å²) in [6.07, 6.45) is 0.924. The maximum absolute atomic E-state index is 13.5. The predicted molar refractivity (Wildman–Crippen MR) is 135 cm³/mol. The number of carbonyl (C=O) groups excluding carboxylic acids is 1. The molecular formula is C26H31N5OS. The second kappa shape index (κ2) is 9.93. The van der Waals surface area contributed by atoms with Crippen LogP contribution in [0.15, 0.2) is 59.8 Å². The fourth-order valence-electron chi connectivity index (χ4n) is 4.34. The molecule has 0 bridgehead atoms. The topological polar surface area (TPSA) is 66.8 Å². The van der Waals surface area contributed by atoms with Crippen LogP contribution in [-0.4, -0.2) is 49.8 Å². The van der Waals surface area contributed by atoms with Gasteiger partial charge in [0.2, 0.25) is 0 Å². The summed E-state index contributed by atoms with van der Waals surface area (Å²) in [5, 5.41) is 10.6. The van der Waals surface area contributed by atoms with E-state index < -0.39 is 0 Å². The number of rotatable bonds is 9. The van der Waals surface area contributed by atoms with Crippen molar-refractivity contribution < 1.29 is 4.79 Å². The summed E-state index contributed by atoms with van der Waals surface area (Å²) in [5.74, 6) is 1.03. The van der Waals surface area contributed by atoms with Crippen LogP contribution in [0, 0.1) is 6.92 Å². The molecule has 0 aliphatic carbocycles. The largest absolute Gasteiger partial charge is 0.358 e. The third-order valence-electron chi connectivity index (χ3n) is 6.03. The van der Waals surface area contributed by atoms with Gasteiger partial charge in [0.05, 0.1) is 17.8 Å². The minimum Gasteiger partial charge on any atom is -0.358 e. The van der Waals surface area contributed by atoms with Crippen molar-refractivity contribution in [3.63, 3.8) is 0 Å². The average Bonchev–Trinajstić information content (AvgIpc) is 3.34. The average molecular weight is 462 g/mol. The molecular weight excluding hydrogens is 430 g/mol. The molecule has 33 heavy (non-hydrogen) atoms. The third kappa shape index (κ3) is 4.75. The molecule has 0 aliphatic rings.